The molecule has 0 aliphatic carbocycles. The molecule has 0 fully saturated rings. The van der Waals surface area contributed by atoms with E-state index in [1.54, 1.807) is 6.92 Å². The summed E-state index contributed by atoms with van der Waals surface area (Å²) in [6, 6.07) is 0. The second-order valence-corrected chi connectivity index (χ2v) is 3.94. The predicted octanol–water partition coefficient (Wildman–Crippen LogP) is 1.20. The molecule has 14 heavy (non-hydrogen) atoms. The number of ether oxygens (including phenoxy) is 1. The number of hydrogen-bond donors (Lipinski definition) is 0. The Labute approximate surface area is 85.2 Å². The third-order valence-electron chi connectivity index (χ3n) is 1.82. The van der Waals surface area contributed by atoms with Crippen molar-refractivity contribution in [3.05, 3.63) is 0 Å². The largest absolute Gasteiger partial charge is 0.459 e. The average molecular weight is 201 g/mol. The lowest BCUT2D eigenvalue weighted by atomic mass is 10.1. The van der Waals surface area contributed by atoms with E-state index in [1.807, 2.05) is 27.7 Å². The number of esters is 1. The highest BCUT2D eigenvalue weighted by atomic mass is 16.5. The smallest absolute Gasteiger partial charge is 0.397 e. The lowest BCUT2D eigenvalue weighted by Gasteiger charge is -2.33. The zero-order chi connectivity index (χ0) is 11.4. The summed E-state index contributed by atoms with van der Waals surface area (Å²) in [7, 11) is 0. The van der Waals surface area contributed by atoms with Gasteiger partial charge in [-0.15, -0.1) is 0 Å². The van der Waals surface area contributed by atoms with E-state index in [4.69, 9.17) is 0 Å². The number of amides is 1. The van der Waals surface area contributed by atoms with E-state index >= 15 is 0 Å². The van der Waals surface area contributed by atoms with E-state index in [9.17, 15) is 9.59 Å². The van der Waals surface area contributed by atoms with Crippen LogP contribution in [0.2, 0.25) is 0 Å². The SMILES string of the molecule is CCOC(=O)C(=O)N(CC)C(C)(C)C. The van der Waals surface area contributed by atoms with Crippen LogP contribution >= 0.6 is 0 Å². The predicted molar refractivity (Wildman–Crippen MR) is 53.8 cm³/mol. The summed E-state index contributed by atoms with van der Waals surface area (Å²) in [5.41, 5.74) is -0.349. The summed E-state index contributed by atoms with van der Waals surface area (Å²) in [6.45, 7) is 9.89. The van der Waals surface area contributed by atoms with Crippen molar-refractivity contribution < 1.29 is 14.3 Å². The van der Waals surface area contributed by atoms with Crippen molar-refractivity contribution in [2.45, 2.75) is 40.2 Å². The Hall–Kier alpha value is -1.06. The van der Waals surface area contributed by atoms with Crippen LogP contribution in [0, 0.1) is 0 Å². The number of hydrogen-bond acceptors (Lipinski definition) is 3. The van der Waals surface area contributed by atoms with Gasteiger partial charge in [-0.2, -0.15) is 0 Å². The van der Waals surface area contributed by atoms with Gasteiger partial charge >= 0.3 is 11.9 Å². The van der Waals surface area contributed by atoms with Crippen LogP contribution in [-0.2, 0) is 14.3 Å². The third-order valence-corrected chi connectivity index (χ3v) is 1.82. The lowest BCUT2D eigenvalue weighted by molar-refractivity contribution is -0.162. The molecule has 0 aromatic carbocycles. The van der Waals surface area contributed by atoms with Crippen molar-refractivity contribution in [3.8, 4) is 0 Å². The molecule has 0 aliphatic rings. The Balaban J connectivity index is 4.55. The van der Waals surface area contributed by atoms with Crippen LogP contribution in [0.5, 0.6) is 0 Å². The van der Waals surface area contributed by atoms with E-state index in [0.717, 1.165) is 0 Å². The van der Waals surface area contributed by atoms with E-state index < -0.39 is 11.9 Å². The Bertz CT molecular complexity index is 218. The van der Waals surface area contributed by atoms with Crippen molar-refractivity contribution in [3.63, 3.8) is 0 Å². The molecule has 0 spiro atoms. The molecular weight excluding hydrogens is 182 g/mol. The first-order valence-electron chi connectivity index (χ1n) is 4.83. The maximum Gasteiger partial charge on any atom is 0.397 e. The van der Waals surface area contributed by atoms with Gasteiger partial charge < -0.3 is 9.64 Å². The highest BCUT2D eigenvalue weighted by molar-refractivity contribution is 6.32. The minimum absolute atomic E-state index is 0.228. The fraction of sp³-hybridized carbons (Fsp3) is 0.800. The van der Waals surface area contributed by atoms with Gasteiger partial charge in [0.25, 0.3) is 0 Å². The molecular formula is C10H19NO3. The minimum Gasteiger partial charge on any atom is -0.459 e. The van der Waals surface area contributed by atoms with E-state index in [0.29, 0.717) is 6.54 Å². The molecule has 0 saturated heterocycles. The maximum absolute atomic E-state index is 11.6. The molecule has 0 radical (unpaired) electrons. The first-order valence-corrected chi connectivity index (χ1v) is 4.83. The molecule has 0 aliphatic heterocycles. The normalized spacial score (nSPS) is 10.9. The Morgan fingerprint density at radius 1 is 1.21 bits per heavy atom. The quantitative estimate of drug-likeness (QED) is 0.498. The van der Waals surface area contributed by atoms with Crippen LogP contribution < -0.4 is 0 Å². The summed E-state index contributed by atoms with van der Waals surface area (Å²) >= 11 is 0. The molecule has 0 aromatic heterocycles. The first kappa shape index (κ1) is 12.9. The summed E-state index contributed by atoms with van der Waals surface area (Å²) < 4.78 is 4.65. The summed E-state index contributed by atoms with van der Waals surface area (Å²) in [4.78, 5) is 24.2. The van der Waals surface area contributed by atoms with Gasteiger partial charge in [0.2, 0.25) is 0 Å². The van der Waals surface area contributed by atoms with E-state index in [1.165, 1.54) is 4.90 Å². The van der Waals surface area contributed by atoms with Crippen LogP contribution in [0.15, 0.2) is 0 Å². The number of nitrogens with zero attached hydrogens (tertiary/aromatic N) is 1. The molecule has 0 bridgehead atoms. The highest BCUT2D eigenvalue weighted by Crippen LogP contribution is 2.13. The molecule has 1 amide bonds. The van der Waals surface area contributed by atoms with Crippen LogP contribution in [0.4, 0.5) is 0 Å². The van der Waals surface area contributed by atoms with Crippen LogP contribution in [0.1, 0.15) is 34.6 Å². The number of carbonyl (C=O) groups is 2. The van der Waals surface area contributed by atoms with Crippen molar-refractivity contribution >= 4 is 11.9 Å². The Morgan fingerprint density at radius 3 is 2.00 bits per heavy atom. The van der Waals surface area contributed by atoms with Crippen LogP contribution in [-0.4, -0.2) is 35.5 Å². The summed E-state index contributed by atoms with van der Waals surface area (Å²) in [5, 5.41) is 0. The summed E-state index contributed by atoms with van der Waals surface area (Å²) in [6.07, 6.45) is 0. The maximum atomic E-state index is 11.6. The van der Waals surface area contributed by atoms with Crippen molar-refractivity contribution in [2.24, 2.45) is 0 Å². The number of likely N-dealkylation sites (N-methyl/N-ethyl adjacent to an activating group) is 1. The topological polar surface area (TPSA) is 46.6 Å². The van der Waals surface area contributed by atoms with Crippen LogP contribution in [0.25, 0.3) is 0 Å². The molecule has 82 valence electrons. The molecule has 4 nitrogen and oxygen atoms in total. The molecule has 0 rings (SSSR count). The standard InChI is InChI=1S/C10H19NO3/c1-6-11(10(3,4)5)8(12)9(13)14-7-2/h6-7H2,1-5H3. The fourth-order valence-corrected chi connectivity index (χ4v) is 1.23. The monoisotopic (exact) mass is 201 g/mol. The molecule has 0 saturated carbocycles. The number of carbonyl (C=O) groups excluding carboxylic acids is 2. The molecule has 0 heterocycles. The lowest BCUT2D eigenvalue weighted by Crippen LogP contribution is -2.48. The second-order valence-electron chi connectivity index (χ2n) is 3.94. The van der Waals surface area contributed by atoms with Gasteiger partial charge in [0.05, 0.1) is 6.61 Å². The van der Waals surface area contributed by atoms with Crippen molar-refractivity contribution in [2.75, 3.05) is 13.2 Å². The zero-order valence-corrected chi connectivity index (χ0v) is 9.59. The molecule has 0 atom stereocenters. The molecule has 0 unspecified atom stereocenters. The van der Waals surface area contributed by atoms with Crippen molar-refractivity contribution in [1.29, 1.82) is 0 Å². The first-order chi connectivity index (χ1) is 6.34. The molecule has 4 heteroatoms. The van der Waals surface area contributed by atoms with Gasteiger partial charge in [-0.3, -0.25) is 4.79 Å². The summed E-state index contributed by atoms with van der Waals surface area (Å²) in [5.74, 6) is -1.34. The van der Waals surface area contributed by atoms with Gasteiger partial charge in [0.15, 0.2) is 0 Å². The van der Waals surface area contributed by atoms with E-state index in [2.05, 4.69) is 4.74 Å². The average Bonchev–Trinajstić information content (AvgIpc) is 2.03. The third kappa shape index (κ3) is 3.36. The Kier molecular flexibility index (Phi) is 4.60. The van der Waals surface area contributed by atoms with Crippen LogP contribution in [0.3, 0.4) is 0 Å². The highest BCUT2D eigenvalue weighted by Gasteiger charge is 2.30. The van der Waals surface area contributed by atoms with Gasteiger partial charge in [0, 0.05) is 12.1 Å². The van der Waals surface area contributed by atoms with Gasteiger partial charge in [-0.05, 0) is 34.6 Å². The van der Waals surface area contributed by atoms with E-state index in [-0.39, 0.29) is 12.1 Å². The zero-order valence-electron chi connectivity index (χ0n) is 9.59. The Morgan fingerprint density at radius 2 is 1.71 bits per heavy atom. The minimum atomic E-state index is -0.774. The molecule has 0 aromatic rings. The molecule has 0 N–H and O–H groups in total. The fourth-order valence-electron chi connectivity index (χ4n) is 1.23. The van der Waals surface area contributed by atoms with Gasteiger partial charge in [0.1, 0.15) is 0 Å². The van der Waals surface area contributed by atoms with Gasteiger partial charge in [-0.1, -0.05) is 0 Å². The number of rotatable bonds is 2. The van der Waals surface area contributed by atoms with Crippen molar-refractivity contribution in [1.82, 2.24) is 4.90 Å². The second kappa shape index (κ2) is 4.98. The van der Waals surface area contributed by atoms with Gasteiger partial charge in [-0.25, -0.2) is 4.79 Å².